The molecule has 0 spiro atoms. The van der Waals surface area contributed by atoms with Gasteiger partial charge in [0.15, 0.2) is 16.6 Å². The first-order valence-corrected chi connectivity index (χ1v) is 15.1. The van der Waals surface area contributed by atoms with E-state index in [0.29, 0.717) is 46.7 Å². The van der Waals surface area contributed by atoms with E-state index < -0.39 is 17.7 Å². The molecule has 1 amide bonds. The van der Waals surface area contributed by atoms with Crippen LogP contribution >= 0.6 is 11.3 Å². The summed E-state index contributed by atoms with van der Waals surface area (Å²) in [5, 5.41) is 13.6. The van der Waals surface area contributed by atoms with Gasteiger partial charge in [-0.1, -0.05) is 66.2 Å². The van der Waals surface area contributed by atoms with E-state index >= 15 is 0 Å². The smallest absolute Gasteiger partial charge is 0.301 e. The molecular weight excluding hydrogens is 588 g/mol. The number of aliphatic hydroxyl groups is 1. The maximum Gasteiger partial charge on any atom is 0.301 e. The van der Waals surface area contributed by atoms with Gasteiger partial charge in [-0.3, -0.25) is 14.5 Å². The molecule has 1 saturated heterocycles. The van der Waals surface area contributed by atoms with Crippen LogP contribution in [0, 0.1) is 6.92 Å². The minimum atomic E-state index is -0.953. The lowest BCUT2D eigenvalue weighted by Gasteiger charge is -2.24. The Balaban J connectivity index is 1.33. The van der Waals surface area contributed by atoms with Crippen molar-refractivity contribution in [3.05, 3.63) is 142 Å². The zero-order valence-electron chi connectivity index (χ0n) is 24.7. The minimum Gasteiger partial charge on any atom is -0.507 e. The summed E-state index contributed by atoms with van der Waals surface area (Å²) in [4.78, 5) is 32.6. The van der Waals surface area contributed by atoms with E-state index in [1.165, 1.54) is 23.3 Å². The van der Waals surface area contributed by atoms with Crippen LogP contribution in [0.3, 0.4) is 0 Å². The number of anilines is 1. The minimum absolute atomic E-state index is 0.0522. The number of ketones is 1. The number of rotatable bonds is 10. The molecule has 1 aliphatic rings. The van der Waals surface area contributed by atoms with Gasteiger partial charge in [0.1, 0.15) is 24.7 Å². The van der Waals surface area contributed by atoms with Crippen molar-refractivity contribution in [1.82, 2.24) is 4.98 Å². The lowest BCUT2D eigenvalue weighted by Crippen LogP contribution is -2.29. The molecule has 226 valence electrons. The first-order valence-electron chi connectivity index (χ1n) is 14.3. The predicted octanol–water partition coefficient (Wildman–Crippen LogP) is 7.24. The quantitative estimate of drug-likeness (QED) is 0.100. The SMILES string of the molecule is COc1cc(C2C(=C(O)c3ccc(OCc4cccc(C)c4)cc3)C(=O)C(=O)N2c2nccs2)ccc1OCc1ccccc1. The maximum atomic E-state index is 13.5. The Morgan fingerprint density at radius 2 is 1.62 bits per heavy atom. The van der Waals surface area contributed by atoms with E-state index in [-0.39, 0.29) is 11.3 Å². The molecule has 0 radical (unpaired) electrons. The zero-order valence-corrected chi connectivity index (χ0v) is 25.5. The number of benzene rings is 4. The Labute approximate surface area is 264 Å². The molecule has 1 atom stereocenters. The standard InChI is InChI=1S/C36H30N2O6S/c1-23-7-6-10-25(19-23)22-43-28-14-11-26(12-15-28)33(39)31-32(38(35(41)34(31)40)36-37-17-18-45-36)27-13-16-29(30(20-27)42-2)44-21-24-8-4-3-5-9-24/h3-20,32,39H,21-22H2,1-2H3. The van der Waals surface area contributed by atoms with E-state index in [2.05, 4.69) is 11.1 Å². The molecule has 45 heavy (non-hydrogen) atoms. The Morgan fingerprint density at radius 3 is 2.33 bits per heavy atom. The van der Waals surface area contributed by atoms with Crippen molar-refractivity contribution < 1.29 is 28.9 Å². The highest BCUT2D eigenvalue weighted by Crippen LogP contribution is 2.44. The fourth-order valence-corrected chi connectivity index (χ4v) is 5.89. The normalized spacial score (nSPS) is 15.7. The molecule has 1 aliphatic heterocycles. The highest BCUT2D eigenvalue weighted by Gasteiger charge is 2.48. The molecule has 9 heteroatoms. The van der Waals surface area contributed by atoms with E-state index in [0.717, 1.165) is 16.7 Å². The van der Waals surface area contributed by atoms with Crippen molar-refractivity contribution >= 4 is 33.9 Å². The Morgan fingerprint density at radius 1 is 0.867 bits per heavy atom. The Bertz CT molecular complexity index is 1850. The van der Waals surface area contributed by atoms with Gasteiger partial charge in [-0.15, -0.1) is 11.3 Å². The van der Waals surface area contributed by atoms with Crippen molar-refractivity contribution in [2.75, 3.05) is 12.0 Å². The van der Waals surface area contributed by atoms with Crippen molar-refractivity contribution in [2.24, 2.45) is 0 Å². The molecule has 1 unspecified atom stereocenters. The number of aryl methyl sites for hydroxylation is 1. The Hall–Kier alpha value is -5.41. The number of carbonyl (C=O) groups is 2. The highest BCUT2D eigenvalue weighted by molar-refractivity contribution is 7.14. The van der Waals surface area contributed by atoms with Crippen LogP contribution in [0.2, 0.25) is 0 Å². The molecule has 6 rings (SSSR count). The number of nitrogens with zero attached hydrogens (tertiary/aromatic N) is 2. The maximum absolute atomic E-state index is 13.5. The molecule has 4 aromatic carbocycles. The number of hydrogen-bond acceptors (Lipinski definition) is 8. The van der Waals surface area contributed by atoms with Gasteiger partial charge < -0.3 is 19.3 Å². The molecule has 1 fully saturated rings. The molecular formula is C36H30N2O6S. The van der Waals surface area contributed by atoms with Crippen LogP contribution in [0.5, 0.6) is 17.2 Å². The van der Waals surface area contributed by atoms with Crippen LogP contribution in [0.4, 0.5) is 5.13 Å². The lowest BCUT2D eigenvalue weighted by atomic mass is 9.95. The summed E-state index contributed by atoms with van der Waals surface area (Å²) in [6, 6.07) is 28.8. The van der Waals surface area contributed by atoms with Crippen LogP contribution in [-0.4, -0.2) is 28.9 Å². The second-order valence-corrected chi connectivity index (χ2v) is 11.3. The van der Waals surface area contributed by atoms with Crippen molar-refractivity contribution in [2.45, 2.75) is 26.2 Å². The van der Waals surface area contributed by atoms with Gasteiger partial charge in [0, 0.05) is 17.1 Å². The van der Waals surface area contributed by atoms with Gasteiger partial charge in [-0.05, 0) is 60.0 Å². The van der Waals surface area contributed by atoms with E-state index in [4.69, 9.17) is 14.2 Å². The second-order valence-electron chi connectivity index (χ2n) is 10.5. The van der Waals surface area contributed by atoms with E-state index in [9.17, 15) is 14.7 Å². The molecule has 0 bridgehead atoms. The van der Waals surface area contributed by atoms with E-state index in [1.54, 1.807) is 54.0 Å². The number of Topliss-reactive ketones (excluding diaryl/α,β-unsaturated/α-hetero) is 1. The van der Waals surface area contributed by atoms with Crippen LogP contribution in [0.1, 0.15) is 33.9 Å². The summed E-state index contributed by atoms with van der Waals surface area (Å²) in [6.07, 6.45) is 1.56. The predicted molar refractivity (Wildman–Crippen MR) is 173 cm³/mol. The number of aliphatic hydroxyl groups excluding tert-OH is 1. The Kier molecular flexibility index (Phi) is 8.61. The molecule has 1 N–H and O–H groups in total. The number of ether oxygens (including phenoxy) is 3. The summed E-state index contributed by atoms with van der Waals surface area (Å²) in [5.41, 5.74) is 4.04. The van der Waals surface area contributed by atoms with Crippen LogP contribution in [0.25, 0.3) is 5.76 Å². The molecule has 5 aromatic rings. The third-order valence-corrected chi connectivity index (χ3v) is 8.20. The number of thiazole rings is 1. The molecule has 0 saturated carbocycles. The fraction of sp³-hybridized carbons (Fsp3) is 0.139. The van der Waals surface area contributed by atoms with E-state index in [1.807, 2.05) is 55.5 Å². The third kappa shape index (κ3) is 6.30. The van der Waals surface area contributed by atoms with Gasteiger partial charge in [-0.25, -0.2) is 4.98 Å². The zero-order chi connectivity index (χ0) is 31.3. The van der Waals surface area contributed by atoms with Crippen LogP contribution < -0.4 is 19.1 Å². The number of carbonyl (C=O) groups excluding carboxylic acids is 2. The molecule has 8 nitrogen and oxygen atoms in total. The first kappa shape index (κ1) is 29.7. The number of aromatic nitrogens is 1. The van der Waals surface area contributed by atoms with Crippen molar-refractivity contribution in [3.8, 4) is 17.2 Å². The topological polar surface area (TPSA) is 98.2 Å². The largest absolute Gasteiger partial charge is 0.507 e. The lowest BCUT2D eigenvalue weighted by molar-refractivity contribution is -0.132. The van der Waals surface area contributed by atoms with Crippen LogP contribution in [-0.2, 0) is 22.8 Å². The average molecular weight is 619 g/mol. The first-order chi connectivity index (χ1) is 21.9. The summed E-state index contributed by atoms with van der Waals surface area (Å²) in [5.74, 6) is -0.371. The van der Waals surface area contributed by atoms with Gasteiger partial charge in [0.05, 0.1) is 18.7 Å². The average Bonchev–Trinajstić information content (AvgIpc) is 3.69. The fourth-order valence-electron chi connectivity index (χ4n) is 5.22. The summed E-state index contributed by atoms with van der Waals surface area (Å²) >= 11 is 1.22. The van der Waals surface area contributed by atoms with Crippen LogP contribution in [0.15, 0.2) is 114 Å². The molecule has 2 heterocycles. The summed E-state index contributed by atoms with van der Waals surface area (Å²) < 4.78 is 17.6. The van der Waals surface area contributed by atoms with Gasteiger partial charge in [0.25, 0.3) is 5.78 Å². The number of hydrogen-bond donors (Lipinski definition) is 1. The van der Waals surface area contributed by atoms with Crippen molar-refractivity contribution in [1.29, 1.82) is 0 Å². The monoisotopic (exact) mass is 618 g/mol. The second kappa shape index (κ2) is 13.1. The molecule has 1 aromatic heterocycles. The van der Waals surface area contributed by atoms with Crippen molar-refractivity contribution in [3.63, 3.8) is 0 Å². The summed E-state index contributed by atoms with van der Waals surface area (Å²) in [7, 11) is 1.52. The summed E-state index contributed by atoms with van der Waals surface area (Å²) in [6.45, 7) is 2.74. The third-order valence-electron chi connectivity index (χ3n) is 7.43. The van der Waals surface area contributed by atoms with Gasteiger partial charge >= 0.3 is 5.91 Å². The highest BCUT2D eigenvalue weighted by atomic mass is 32.1. The molecule has 0 aliphatic carbocycles. The number of amides is 1. The number of methoxy groups -OCH3 is 1. The van der Waals surface area contributed by atoms with Gasteiger partial charge in [0.2, 0.25) is 0 Å². The van der Waals surface area contributed by atoms with Gasteiger partial charge in [-0.2, -0.15) is 0 Å².